The average Bonchev–Trinajstić information content (AvgIpc) is 2.48. The first-order valence-corrected chi connectivity index (χ1v) is 6.81. The number of carbonyl (C=O) groups is 1. The molecule has 21 heavy (non-hydrogen) atoms. The Hall–Kier alpha value is -2.33. The molecule has 0 amide bonds. The lowest BCUT2D eigenvalue weighted by Gasteiger charge is -2.04. The Bertz CT molecular complexity index is 911. The van der Waals surface area contributed by atoms with Crippen molar-refractivity contribution in [3.8, 4) is 0 Å². The Morgan fingerprint density at radius 3 is 2.52 bits per heavy atom. The van der Waals surface area contributed by atoms with Gasteiger partial charge in [0.25, 0.3) is 0 Å². The van der Waals surface area contributed by atoms with E-state index in [-0.39, 0.29) is 12.0 Å². The molecule has 106 valence electrons. The van der Waals surface area contributed by atoms with E-state index in [0.717, 1.165) is 0 Å². The summed E-state index contributed by atoms with van der Waals surface area (Å²) in [6.45, 7) is 2.00. The first kappa shape index (κ1) is 13.6. The van der Waals surface area contributed by atoms with Crippen molar-refractivity contribution in [2.75, 3.05) is 6.61 Å². The first-order chi connectivity index (χ1) is 10.1. The van der Waals surface area contributed by atoms with Crippen LogP contribution in [0.4, 0.5) is 0 Å². The van der Waals surface area contributed by atoms with Crippen molar-refractivity contribution in [3.63, 3.8) is 0 Å². The molecule has 2 aromatic carbocycles. The Labute approximate surface area is 124 Å². The largest absolute Gasteiger partial charge is 0.462 e. The summed E-state index contributed by atoms with van der Waals surface area (Å²) in [4.78, 5) is 24.2. The topological polar surface area (TPSA) is 56.5 Å². The lowest BCUT2D eigenvalue weighted by molar-refractivity contribution is 0.0526. The van der Waals surface area contributed by atoms with Crippen LogP contribution in [0.3, 0.4) is 0 Å². The maximum atomic E-state index is 12.5. The number of hydrogen-bond donors (Lipinski definition) is 0. The highest BCUT2D eigenvalue weighted by molar-refractivity contribution is 6.31. The minimum absolute atomic E-state index is 0.222. The van der Waals surface area contributed by atoms with E-state index >= 15 is 0 Å². The van der Waals surface area contributed by atoms with E-state index in [4.69, 9.17) is 20.8 Å². The zero-order valence-electron chi connectivity index (χ0n) is 11.2. The number of fused-ring (bicyclic) bond motifs is 2. The second-order valence-electron chi connectivity index (χ2n) is 4.50. The van der Waals surface area contributed by atoms with Gasteiger partial charge in [-0.25, -0.2) is 4.79 Å². The van der Waals surface area contributed by atoms with Crippen LogP contribution in [0.1, 0.15) is 17.3 Å². The number of esters is 1. The number of hydrogen-bond acceptors (Lipinski definition) is 4. The lowest BCUT2D eigenvalue weighted by Crippen LogP contribution is -2.07. The van der Waals surface area contributed by atoms with Crippen LogP contribution < -0.4 is 5.43 Å². The van der Waals surface area contributed by atoms with Gasteiger partial charge in [-0.2, -0.15) is 0 Å². The van der Waals surface area contributed by atoms with E-state index < -0.39 is 5.97 Å². The number of rotatable bonds is 2. The minimum atomic E-state index is -0.468. The Kier molecular flexibility index (Phi) is 3.39. The van der Waals surface area contributed by atoms with Gasteiger partial charge in [-0.3, -0.25) is 4.79 Å². The molecule has 0 N–H and O–H groups in total. The SMILES string of the molecule is CCOC(=O)c1ccc2oc3ccc(Cl)cc3c(=O)c2c1. The van der Waals surface area contributed by atoms with Crippen LogP contribution in [-0.4, -0.2) is 12.6 Å². The van der Waals surface area contributed by atoms with E-state index in [0.29, 0.717) is 32.5 Å². The smallest absolute Gasteiger partial charge is 0.338 e. The molecular formula is C16H11ClO4. The van der Waals surface area contributed by atoms with E-state index in [2.05, 4.69) is 0 Å². The average molecular weight is 303 g/mol. The van der Waals surface area contributed by atoms with Gasteiger partial charge in [0, 0.05) is 5.02 Å². The third kappa shape index (κ3) is 2.38. The Morgan fingerprint density at radius 1 is 1.14 bits per heavy atom. The molecule has 0 bridgehead atoms. The molecule has 1 aromatic heterocycles. The van der Waals surface area contributed by atoms with Gasteiger partial charge in [0.1, 0.15) is 11.2 Å². The fourth-order valence-corrected chi connectivity index (χ4v) is 2.34. The quantitative estimate of drug-likeness (QED) is 0.534. The Balaban J connectivity index is 2.29. The van der Waals surface area contributed by atoms with Crippen LogP contribution in [0.2, 0.25) is 5.02 Å². The lowest BCUT2D eigenvalue weighted by atomic mass is 10.1. The highest BCUT2D eigenvalue weighted by Gasteiger charge is 2.12. The van der Waals surface area contributed by atoms with Crippen LogP contribution in [0.15, 0.2) is 45.6 Å². The number of benzene rings is 2. The van der Waals surface area contributed by atoms with Gasteiger partial charge in [-0.15, -0.1) is 0 Å². The van der Waals surface area contributed by atoms with E-state index in [1.165, 1.54) is 6.07 Å². The molecule has 3 rings (SSSR count). The van der Waals surface area contributed by atoms with Crippen LogP contribution in [0, 0.1) is 0 Å². The summed E-state index contributed by atoms with van der Waals surface area (Å²) in [5, 5.41) is 1.17. The summed E-state index contributed by atoms with van der Waals surface area (Å²) in [5.41, 5.74) is 0.974. The molecule has 1 heterocycles. The van der Waals surface area contributed by atoms with Crippen molar-refractivity contribution in [2.45, 2.75) is 6.92 Å². The van der Waals surface area contributed by atoms with Gasteiger partial charge >= 0.3 is 5.97 Å². The summed E-state index contributed by atoms with van der Waals surface area (Å²) in [6.07, 6.45) is 0. The van der Waals surface area contributed by atoms with Crippen LogP contribution in [0.5, 0.6) is 0 Å². The maximum Gasteiger partial charge on any atom is 0.338 e. The van der Waals surface area contributed by atoms with Gasteiger partial charge in [-0.05, 0) is 43.3 Å². The van der Waals surface area contributed by atoms with Crippen molar-refractivity contribution < 1.29 is 13.9 Å². The van der Waals surface area contributed by atoms with Crippen LogP contribution in [-0.2, 0) is 4.74 Å². The zero-order valence-corrected chi connectivity index (χ0v) is 11.9. The third-order valence-corrected chi connectivity index (χ3v) is 3.38. The van der Waals surface area contributed by atoms with Gasteiger partial charge in [0.15, 0.2) is 0 Å². The molecular weight excluding hydrogens is 292 g/mol. The molecule has 5 heteroatoms. The van der Waals surface area contributed by atoms with Crippen molar-refractivity contribution in [1.29, 1.82) is 0 Å². The first-order valence-electron chi connectivity index (χ1n) is 6.43. The third-order valence-electron chi connectivity index (χ3n) is 3.14. The van der Waals surface area contributed by atoms with E-state index in [1.54, 1.807) is 37.3 Å². The summed E-state index contributed by atoms with van der Waals surface area (Å²) < 4.78 is 10.6. The van der Waals surface area contributed by atoms with Crippen LogP contribution in [0.25, 0.3) is 21.9 Å². The van der Waals surface area contributed by atoms with Gasteiger partial charge in [-0.1, -0.05) is 11.6 Å². The monoisotopic (exact) mass is 302 g/mol. The molecule has 0 saturated carbocycles. The number of ether oxygens (including phenoxy) is 1. The molecule has 0 aliphatic heterocycles. The highest BCUT2D eigenvalue weighted by atomic mass is 35.5. The molecule has 0 radical (unpaired) electrons. The predicted octanol–water partition coefficient (Wildman–Crippen LogP) is 3.78. The molecule has 0 aliphatic carbocycles. The summed E-state index contributed by atoms with van der Waals surface area (Å²) in [7, 11) is 0. The molecule has 0 fully saturated rings. The Morgan fingerprint density at radius 2 is 1.81 bits per heavy atom. The van der Waals surface area contributed by atoms with E-state index in [9.17, 15) is 9.59 Å². The fourth-order valence-electron chi connectivity index (χ4n) is 2.17. The highest BCUT2D eigenvalue weighted by Crippen LogP contribution is 2.22. The second-order valence-corrected chi connectivity index (χ2v) is 4.94. The molecule has 0 spiro atoms. The van der Waals surface area contributed by atoms with Crippen molar-refractivity contribution in [1.82, 2.24) is 0 Å². The summed E-state index contributed by atoms with van der Waals surface area (Å²) in [6, 6.07) is 9.52. The predicted molar refractivity (Wildman–Crippen MR) is 81.0 cm³/mol. The molecule has 0 saturated heterocycles. The number of halogens is 1. The summed E-state index contributed by atoms with van der Waals surface area (Å²) >= 11 is 5.91. The van der Waals surface area contributed by atoms with E-state index in [1.807, 2.05) is 0 Å². The zero-order chi connectivity index (χ0) is 15.0. The van der Waals surface area contributed by atoms with Gasteiger partial charge in [0.2, 0.25) is 5.43 Å². The second kappa shape index (κ2) is 5.22. The maximum absolute atomic E-state index is 12.5. The molecule has 3 aromatic rings. The summed E-state index contributed by atoms with van der Waals surface area (Å²) in [5.74, 6) is -0.468. The minimum Gasteiger partial charge on any atom is -0.462 e. The standard InChI is InChI=1S/C16H11ClO4/c1-2-20-16(19)9-3-5-13-11(7-9)15(18)12-8-10(17)4-6-14(12)21-13/h3-8H,2H2,1H3. The number of carbonyl (C=O) groups excluding carboxylic acids is 1. The normalized spacial score (nSPS) is 11.0. The van der Waals surface area contributed by atoms with Crippen molar-refractivity contribution >= 4 is 39.5 Å². The fraction of sp³-hybridized carbons (Fsp3) is 0.125. The van der Waals surface area contributed by atoms with Crippen LogP contribution >= 0.6 is 11.6 Å². The molecule has 0 aliphatic rings. The van der Waals surface area contributed by atoms with Gasteiger partial charge < -0.3 is 9.15 Å². The van der Waals surface area contributed by atoms with Gasteiger partial charge in [0.05, 0.1) is 22.9 Å². The van der Waals surface area contributed by atoms with Crippen molar-refractivity contribution in [2.24, 2.45) is 0 Å². The molecule has 4 nitrogen and oxygen atoms in total. The molecule has 0 unspecified atom stereocenters. The van der Waals surface area contributed by atoms with Crippen molar-refractivity contribution in [3.05, 3.63) is 57.2 Å². The molecule has 0 atom stereocenters.